The van der Waals surface area contributed by atoms with Gasteiger partial charge in [0.25, 0.3) is 0 Å². The van der Waals surface area contributed by atoms with Crippen molar-refractivity contribution in [1.29, 1.82) is 0 Å². The molecule has 1 aliphatic heterocycles. The van der Waals surface area contributed by atoms with Crippen LogP contribution in [0.4, 0.5) is 0 Å². The maximum atomic E-state index is 12.8. The van der Waals surface area contributed by atoms with Crippen LogP contribution in [-0.4, -0.2) is 46.2 Å². The van der Waals surface area contributed by atoms with Crippen LogP contribution in [0.5, 0.6) is 0 Å². The minimum atomic E-state index is -3.75. The van der Waals surface area contributed by atoms with Crippen molar-refractivity contribution in [2.24, 2.45) is 5.92 Å². The average Bonchev–Trinajstić information content (AvgIpc) is 3.14. The van der Waals surface area contributed by atoms with E-state index in [0.717, 1.165) is 31.5 Å². The van der Waals surface area contributed by atoms with Gasteiger partial charge in [0.1, 0.15) is 4.90 Å². The van der Waals surface area contributed by atoms with Crippen molar-refractivity contribution in [3.8, 4) is 0 Å². The molecule has 1 aromatic rings. The topological polar surface area (TPSA) is 104 Å². The predicted molar refractivity (Wildman–Crippen MR) is 77.6 cm³/mol. The summed E-state index contributed by atoms with van der Waals surface area (Å²) in [5, 5.41) is 24.4. The molecule has 122 valence electrons. The second-order valence-electron chi connectivity index (χ2n) is 6.84. The van der Waals surface area contributed by atoms with Crippen molar-refractivity contribution < 1.29 is 18.6 Å². The highest BCUT2D eigenvalue weighted by Crippen LogP contribution is 2.48. The Morgan fingerprint density at radius 1 is 1.36 bits per heavy atom. The van der Waals surface area contributed by atoms with Crippen LogP contribution in [0, 0.1) is 5.92 Å². The quantitative estimate of drug-likeness (QED) is 0.711. The number of nitrogens with zero attached hydrogens (tertiary/aromatic N) is 2. The highest BCUT2D eigenvalue weighted by molar-refractivity contribution is 7.89. The Labute approximate surface area is 129 Å². The third-order valence-electron chi connectivity index (χ3n) is 5.53. The summed E-state index contributed by atoms with van der Waals surface area (Å²) in [6.45, 7) is 0.749. The summed E-state index contributed by atoms with van der Waals surface area (Å²) >= 11 is 0. The zero-order valence-electron chi connectivity index (χ0n) is 12.3. The fourth-order valence-corrected chi connectivity index (χ4v) is 6.01. The summed E-state index contributed by atoms with van der Waals surface area (Å²) in [5.74, 6) is -0.0150. The molecule has 0 amide bonds. The van der Waals surface area contributed by atoms with Gasteiger partial charge in [0, 0.05) is 6.54 Å². The summed E-state index contributed by atoms with van der Waals surface area (Å²) in [5.41, 5.74) is -0.176. The van der Waals surface area contributed by atoms with E-state index in [1.165, 1.54) is 6.20 Å². The number of sulfonamides is 1. The molecule has 2 saturated carbocycles. The van der Waals surface area contributed by atoms with Gasteiger partial charge in [-0.3, -0.25) is 4.68 Å². The van der Waals surface area contributed by atoms with Gasteiger partial charge < -0.3 is 10.2 Å². The molecule has 2 fully saturated rings. The summed E-state index contributed by atoms with van der Waals surface area (Å²) in [4.78, 5) is 0.221. The predicted octanol–water partition coefficient (Wildman–Crippen LogP) is -0.228. The number of aliphatic hydroxyl groups excluding tert-OH is 2. The number of aryl methyl sites for hydroxylation is 1. The third kappa shape index (κ3) is 1.97. The lowest BCUT2D eigenvalue weighted by Crippen LogP contribution is -2.56. The Morgan fingerprint density at radius 2 is 2.18 bits per heavy atom. The first-order valence-corrected chi connectivity index (χ1v) is 9.36. The highest BCUT2D eigenvalue weighted by atomic mass is 32.2. The van der Waals surface area contributed by atoms with Crippen molar-refractivity contribution in [1.82, 2.24) is 14.5 Å². The van der Waals surface area contributed by atoms with Gasteiger partial charge in [-0.25, -0.2) is 13.1 Å². The second kappa shape index (κ2) is 4.77. The average molecular weight is 327 g/mol. The molecule has 4 rings (SSSR count). The molecule has 2 aliphatic carbocycles. The standard InChI is InChI=1S/C14H21N3O4S/c18-12-9-4-5-14(7-9,13(12)19)16-22(20,21)11-8-15-17-6-2-1-3-10(11)17/h8-9,12-13,16,18-19H,1-7H2/t9?,12-,13-,14?/m0/s1. The van der Waals surface area contributed by atoms with Crippen LogP contribution in [0.3, 0.4) is 0 Å². The van der Waals surface area contributed by atoms with Crippen LogP contribution in [-0.2, 0) is 23.0 Å². The van der Waals surface area contributed by atoms with E-state index in [9.17, 15) is 18.6 Å². The molecule has 7 nitrogen and oxygen atoms in total. The molecule has 0 aromatic carbocycles. The molecule has 1 aromatic heterocycles. The zero-order chi connectivity index (χ0) is 15.5. The largest absolute Gasteiger partial charge is 0.390 e. The van der Waals surface area contributed by atoms with Crippen molar-refractivity contribution in [3.63, 3.8) is 0 Å². The zero-order valence-corrected chi connectivity index (χ0v) is 13.1. The molecule has 2 unspecified atom stereocenters. The van der Waals surface area contributed by atoms with Crippen LogP contribution in [0.1, 0.15) is 37.8 Å². The molecule has 0 spiro atoms. The molecular formula is C14H21N3O4S. The van der Waals surface area contributed by atoms with Gasteiger partial charge in [0.15, 0.2) is 0 Å². The molecule has 3 N–H and O–H groups in total. The van der Waals surface area contributed by atoms with Crippen LogP contribution >= 0.6 is 0 Å². The normalized spacial score (nSPS) is 37.5. The van der Waals surface area contributed by atoms with Crippen LogP contribution in [0.2, 0.25) is 0 Å². The lowest BCUT2D eigenvalue weighted by Gasteiger charge is -2.34. The van der Waals surface area contributed by atoms with Gasteiger partial charge in [-0.05, 0) is 44.4 Å². The van der Waals surface area contributed by atoms with E-state index in [-0.39, 0.29) is 10.8 Å². The third-order valence-corrected chi connectivity index (χ3v) is 7.13. The van der Waals surface area contributed by atoms with Gasteiger partial charge in [0.05, 0.1) is 29.6 Å². The number of fused-ring (bicyclic) bond motifs is 3. The minimum Gasteiger partial charge on any atom is -0.390 e. The first-order chi connectivity index (χ1) is 10.4. The smallest absolute Gasteiger partial charge is 0.244 e. The number of aliphatic hydroxyl groups is 2. The van der Waals surface area contributed by atoms with Gasteiger partial charge >= 0.3 is 0 Å². The fraction of sp³-hybridized carbons (Fsp3) is 0.786. The van der Waals surface area contributed by atoms with E-state index < -0.39 is 27.8 Å². The molecule has 3 aliphatic rings. The first-order valence-electron chi connectivity index (χ1n) is 7.88. The molecule has 8 heteroatoms. The summed E-state index contributed by atoms with van der Waals surface area (Å²) < 4.78 is 30.1. The minimum absolute atomic E-state index is 0.0150. The van der Waals surface area contributed by atoms with E-state index in [4.69, 9.17) is 0 Å². The summed E-state index contributed by atoms with van der Waals surface area (Å²) in [7, 11) is -3.75. The Kier molecular flexibility index (Phi) is 3.17. The summed E-state index contributed by atoms with van der Waals surface area (Å²) in [6.07, 6.45) is 4.02. The molecule has 2 heterocycles. The molecule has 0 radical (unpaired) electrons. The number of rotatable bonds is 3. The molecule has 2 bridgehead atoms. The van der Waals surface area contributed by atoms with Crippen molar-refractivity contribution in [3.05, 3.63) is 11.9 Å². The molecule has 4 atom stereocenters. The van der Waals surface area contributed by atoms with E-state index in [1.54, 1.807) is 4.68 Å². The SMILES string of the molecule is O=S(=O)(NC12CCC(C1)[C@H](O)[C@@H]2O)c1cnn2c1CCCC2. The maximum Gasteiger partial charge on any atom is 0.244 e. The monoisotopic (exact) mass is 327 g/mol. The summed E-state index contributed by atoms with van der Waals surface area (Å²) in [6, 6.07) is 0. The lowest BCUT2D eigenvalue weighted by atomic mass is 9.90. The first kappa shape index (κ1) is 14.6. The number of hydrogen-bond acceptors (Lipinski definition) is 5. The van der Waals surface area contributed by atoms with Gasteiger partial charge in [-0.2, -0.15) is 5.10 Å². The van der Waals surface area contributed by atoms with Crippen LogP contribution in [0.15, 0.2) is 11.1 Å². The van der Waals surface area contributed by atoms with E-state index in [1.807, 2.05) is 0 Å². The maximum absolute atomic E-state index is 12.8. The lowest BCUT2D eigenvalue weighted by molar-refractivity contribution is -0.0283. The Hall–Kier alpha value is -0.960. The number of aromatic nitrogens is 2. The molecule has 0 saturated heterocycles. The Balaban J connectivity index is 1.66. The highest BCUT2D eigenvalue weighted by Gasteiger charge is 2.58. The van der Waals surface area contributed by atoms with Crippen molar-refractivity contribution >= 4 is 10.0 Å². The van der Waals surface area contributed by atoms with E-state index in [0.29, 0.717) is 19.3 Å². The molecule has 22 heavy (non-hydrogen) atoms. The van der Waals surface area contributed by atoms with Crippen molar-refractivity contribution in [2.45, 2.75) is 67.7 Å². The van der Waals surface area contributed by atoms with Crippen molar-refractivity contribution in [2.75, 3.05) is 0 Å². The second-order valence-corrected chi connectivity index (χ2v) is 8.49. The van der Waals surface area contributed by atoms with Gasteiger partial charge in [0.2, 0.25) is 10.0 Å². The molecular weight excluding hydrogens is 306 g/mol. The number of hydrogen-bond donors (Lipinski definition) is 3. The van der Waals surface area contributed by atoms with E-state index >= 15 is 0 Å². The fourth-order valence-electron chi connectivity index (χ4n) is 4.35. The van der Waals surface area contributed by atoms with Crippen LogP contribution < -0.4 is 4.72 Å². The Morgan fingerprint density at radius 3 is 2.91 bits per heavy atom. The van der Waals surface area contributed by atoms with Gasteiger partial charge in [-0.15, -0.1) is 0 Å². The van der Waals surface area contributed by atoms with Crippen LogP contribution in [0.25, 0.3) is 0 Å². The number of nitrogens with one attached hydrogen (secondary N) is 1. The Bertz CT molecular complexity index is 701. The van der Waals surface area contributed by atoms with Gasteiger partial charge in [-0.1, -0.05) is 0 Å². The van der Waals surface area contributed by atoms with E-state index in [2.05, 4.69) is 9.82 Å².